The third-order valence-corrected chi connectivity index (χ3v) is 4.33. The maximum atomic E-state index is 6.24. The van der Waals surface area contributed by atoms with E-state index < -0.39 is 0 Å². The van der Waals surface area contributed by atoms with Gasteiger partial charge in [0.2, 0.25) is 0 Å². The van der Waals surface area contributed by atoms with Crippen LogP contribution < -0.4 is 10.2 Å². The van der Waals surface area contributed by atoms with E-state index in [1.165, 1.54) is 22.5 Å². The summed E-state index contributed by atoms with van der Waals surface area (Å²) in [6.07, 6.45) is 3.27. The first-order valence-electron chi connectivity index (χ1n) is 7.58. The predicted molar refractivity (Wildman–Crippen MR) is 98.1 cm³/mol. The lowest BCUT2D eigenvalue weighted by Crippen LogP contribution is -2.23. The van der Waals surface area contributed by atoms with Crippen molar-refractivity contribution in [3.8, 4) is 0 Å². The molecule has 0 saturated heterocycles. The zero-order valence-corrected chi connectivity index (χ0v) is 14.4. The molecule has 0 amide bonds. The molecule has 0 aliphatic carbocycles. The van der Waals surface area contributed by atoms with E-state index in [0.29, 0.717) is 0 Å². The number of halogens is 2. The van der Waals surface area contributed by atoms with Crippen LogP contribution in [-0.2, 0) is 12.8 Å². The highest BCUT2D eigenvalue weighted by Crippen LogP contribution is 2.37. The number of hydrogen-bond donors (Lipinski definition) is 1. The summed E-state index contributed by atoms with van der Waals surface area (Å²) in [5.41, 5.74) is 5.41. The van der Waals surface area contributed by atoms with Crippen LogP contribution >= 0.6 is 24.0 Å². The van der Waals surface area contributed by atoms with Crippen LogP contribution in [0.2, 0.25) is 5.02 Å². The number of rotatable bonds is 4. The molecule has 0 aromatic heterocycles. The second-order valence-corrected chi connectivity index (χ2v) is 5.95. The molecular weight excluding hydrogens is 315 g/mol. The van der Waals surface area contributed by atoms with Gasteiger partial charge in [-0.2, -0.15) is 0 Å². The molecule has 0 spiro atoms. The Morgan fingerprint density at radius 2 is 1.77 bits per heavy atom. The van der Waals surface area contributed by atoms with E-state index in [4.69, 9.17) is 11.6 Å². The molecule has 4 heteroatoms. The number of nitrogens with one attached hydrogen (secondary N) is 1. The lowest BCUT2D eigenvalue weighted by molar-refractivity contribution is 0.723. The lowest BCUT2D eigenvalue weighted by Gasteiger charge is -2.27. The van der Waals surface area contributed by atoms with Gasteiger partial charge in [-0.25, -0.2) is 0 Å². The van der Waals surface area contributed by atoms with Gasteiger partial charge in [-0.05, 0) is 62.2 Å². The van der Waals surface area contributed by atoms with Crippen LogP contribution in [0.3, 0.4) is 0 Å². The lowest BCUT2D eigenvalue weighted by atomic mass is 10.0. The van der Waals surface area contributed by atoms with E-state index in [2.05, 4.69) is 46.6 Å². The summed E-state index contributed by atoms with van der Waals surface area (Å²) in [4.78, 5) is 2.43. The Labute approximate surface area is 143 Å². The Morgan fingerprint density at radius 1 is 1.05 bits per heavy atom. The fourth-order valence-corrected chi connectivity index (χ4v) is 3.21. The van der Waals surface area contributed by atoms with Crippen LogP contribution in [0.25, 0.3) is 0 Å². The van der Waals surface area contributed by atoms with Crippen LogP contribution in [0, 0.1) is 0 Å². The zero-order chi connectivity index (χ0) is 14.7. The second kappa shape index (κ2) is 7.87. The average Bonchev–Trinajstić information content (AvgIpc) is 2.65. The van der Waals surface area contributed by atoms with Crippen molar-refractivity contribution >= 4 is 35.4 Å². The van der Waals surface area contributed by atoms with E-state index >= 15 is 0 Å². The molecule has 2 nitrogen and oxygen atoms in total. The van der Waals surface area contributed by atoms with Gasteiger partial charge < -0.3 is 10.2 Å². The van der Waals surface area contributed by atoms with Crippen LogP contribution in [0.15, 0.2) is 42.5 Å². The molecule has 0 radical (unpaired) electrons. The Hall–Kier alpha value is -1.22. The van der Waals surface area contributed by atoms with Crippen molar-refractivity contribution in [2.24, 2.45) is 0 Å². The molecule has 1 aliphatic rings. The normalized spacial score (nSPS) is 12.9. The molecule has 22 heavy (non-hydrogen) atoms. The number of aryl methyl sites for hydroxylation is 2. The van der Waals surface area contributed by atoms with Gasteiger partial charge in [0, 0.05) is 22.9 Å². The maximum absolute atomic E-state index is 6.24. The molecule has 118 valence electrons. The quantitative estimate of drug-likeness (QED) is 0.820. The van der Waals surface area contributed by atoms with Gasteiger partial charge in [-0.15, -0.1) is 12.4 Å². The summed E-state index contributed by atoms with van der Waals surface area (Å²) in [6.45, 7) is 2.03. The molecule has 0 atom stereocenters. The SMILES string of the molecule is CNCCCN1c2ccccc2CCc2ccc(Cl)cc21.Cl. The maximum Gasteiger partial charge on any atom is 0.0458 e. The molecule has 1 heterocycles. The van der Waals surface area contributed by atoms with E-state index in [1.807, 2.05) is 13.1 Å². The third kappa shape index (κ3) is 3.57. The van der Waals surface area contributed by atoms with Gasteiger partial charge >= 0.3 is 0 Å². The molecule has 0 fully saturated rings. The highest BCUT2D eigenvalue weighted by atomic mass is 35.5. The van der Waals surface area contributed by atoms with E-state index in [0.717, 1.165) is 37.4 Å². The largest absolute Gasteiger partial charge is 0.341 e. The molecule has 0 unspecified atom stereocenters. The third-order valence-electron chi connectivity index (χ3n) is 4.09. The number of benzene rings is 2. The smallest absolute Gasteiger partial charge is 0.0458 e. The van der Waals surface area contributed by atoms with Crippen molar-refractivity contribution in [1.82, 2.24) is 5.32 Å². The van der Waals surface area contributed by atoms with E-state index in [1.54, 1.807) is 0 Å². The van der Waals surface area contributed by atoms with Crippen molar-refractivity contribution in [2.45, 2.75) is 19.3 Å². The van der Waals surface area contributed by atoms with Gasteiger partial charge in [0.1, 0.15) is 0 Å². The molecule has 1 N–H and O–H groups in total. The van der Waals surface area contributed by atoms with Gasteiger partial charge in [-0.1, -0.05) is 35.9 Å². The number of nitrogens with zero attached hydrogens (tertiary/aromatic N) is 1. The van der Waals surface area contributed by atoms with Gasteiger partial charge in [0.05, 0.1) is 0 Å². The summed E-state index contributed by atoms with van der Waals surface area (Å²) in [5.74, 6) is 0. The minimum absolute atomic E-state index is 0. The predicted octanol–water partition coefficient (Wildman–Crippen LogP) is 4.61. The standard InChI is InChI=1S/C18H21ClN2.ClH/c1-20-11-4-12-21-17-6-3-2-5-14(17)7-8-15-9-10-16(19)13-18(15)21;/h2-3,5-6,9-10,13,20H,4,7-8,11-12H2,1H3;1H. The second-order valence-electron chi connectivity index (χ2n) is 5.51. The average molecular weight is 337 g/mol. The summed E-state index contributed by atoms with van der Waals surface area (Å²) >= 11 is 6.24. The summed E-state index contributed by atoms with van der Waals surface area (Å²) < 4.78 is 0. The fraction of sp³-hybridized carbons (Fsp3) is 0.333. The van der Waals surface area contributed by atoms with Gasteiger partial charge in [-0.3, -0.25) is 0 Å². The molecule has 3 rings (SSSR count). The highest BCUT2D eigenvalue weighted by molar-refractivity contribution is 6.30. The molecular formula is C18H22Cl2N2. The number of hydrogen-bond acceptors (Lipinski definition) is 2. The number of anilines is 2. The summed E-state index contributed by atoms with van der Waals surface area (Å²) in [5, 5.41) is 4.04. The summed E-state index contributed by atoms with van der Waals surface area (Å²) in [7, 11) is 2.00. The molecule has 1 aliphatic heterocycles. The molecule has 2 aromatic rings. The van der Waals surface area contributed by atoms with Crippen molar-refractivity contribution in [2.75, 3.05) is 25.0 Å². The molecule has 0 saturated carbocycles. The van der Waals surface area contributed by atoms with Crippen molar-refractivity contribution in [3.05, 3.63) is 58.6 Å². The Balaban J connectivity index is 0.00000176. The fourth-order valence-electron chi connectivity index (χ4n) is 3.04. The van der Waals surface area contributed by atoms with Gasteiger partial charge in [0.15, 0.2) is 0 Å². The highest BCUT2D eigenvalue weighted by Gasteiger charge is 2.20. The molecule has 0 bridgehead atoms. The van der Waals surface area contributed by atoms with Crippen molar-refractivity contribution in [1.29, 1.82) is 0 Å². The van der Waals surface area contributed by atoms with Crippen LogP contribution in [0.1, 0.15) is 17.5 Å². The Morgan fingerprint density at radius 3 is 2.55 bits per heavy atom. The van der Waals surface area contributed by atoms with E-state index in [-0.39, 0.29) is 12.4 Å². The van der Waals surface area contributed by atoms with Crippen molar-refractivity contribution < 1.29 is 0 Å². The topological polar surface area (TPSA) is 15.3 Å². The monoisotopic (exact) mass is 336 g/mol. The van der Waals surface area contributed by atoms with Crippen LogP contribution in [0.4, 0.5) is 11.4 Å². The first-order chi connectivity index (χ1) is 10.3. The minimum Gasteiger partial charge on any atom is -0.341 e. The zero-order valence-electron chi connectivity index (χ0n) is 12.8. The Kier molecular flexibility index (Phi) is 6.13. The number of para-hydroxylation sites is 1. The van der Waals surface area contributed by atoms with Crippen LogP contribution in [0.5, 0.6) is 0 Å². The van der Waals surface area contributed by atoms with Gasteiger partial charge in [0.25, 0.3) is 0 Å². The van der Waals surface area contributed by atoms with Crippen molar-refractivity contribution in [3.63, 3.8) is 0 Å². The first kappa shape index (κ1) is 17.1. The van der Waals surface area contributed by atoms with E-state index in [9.17, 15) is 0 Å². The first-order valence-corrected chi connectivity index (χ1v) is 7.96. The summed E-state index contributed by atoms with van der Waals surface area (Å²) in [6, 6.07) is 15.0. The molecule has 2 aromatic carbocycles. The van der Waals surface area contributed by atoms with Crippen LogP contribution in [-0.4, -0.2) is 20.1 Å². The Bertz CT molecular complexity index is 628. The minimum atomic E-state index is 0. The number of fused-ring (bicyclic) bond motifs is 2.